The molecule has 3 unspecified atom stereocenters. The number of nitrogens with one attached hydrogen (secondary N) is 1. The lowest BCUT2D eigenvalue weighted by atomic mass is 9.82. The fourth-order valence-electron chi connectivity index (χ4n) is 4.14. The molecule has 166 valence electrons. The molecule has 1 aliphatic rings. The largest absolute Gasteiger partial charge is 0.481 e. The molecule has 1 fully saturated rings. The van der Waals surface area contributed by atoms with E-state index in [9.17, 15) is 18.4 Å². The highest BCUT2D eigenvalue weighted by Gasteiger charge is 2.50. The number of benzene rings is 2. The second-order valence-electron chi connectivity index (χ2n) is 8.02. The quantitative estimate of drug-likeness (QED) is 0.472. The van der Waals surface area contributed by atoms with Crippen molar-refractivity contribution in [1.82, 2.24) is 0 Å². The molecule has 1 saturated carbocycles. The first-order valence-corrected chi connectivity index (χ1v) is 10.8. The number of anilines is 1. The number of amides is 1. The molecule has 3 rings (SSSR count). The molecule has 0 radical (unpaired) electrons. The maximum atomic E-state index is 14.6. The summed E-state index contributed by atoms with van der Waals surface area (Å²) in [5.74, 6) is -7.01. The zero-order valence-corrected chi connectivity index (χ0v) is 18.4. The van der Waals surface area contributed by atoms with Gasteiger partial charge < -0.3 is 10.4 Å². The first-order chi connectivity index (χ1) is 14.6. The van der Waals surface area contributed by atoms with Gasteiger partial charge in [0.1, 0.15) is 0 Å². The molecule has 8 heteroatoms. The molecule has 0 saturated heterocycles. The molecule has 4 nitrogen and oxygen atoms in total. The van der Waals surface area contributed by atoms with Crippen LogP contribution < -0.4 is 5.32 Å². The van der Waals surface area contributed by atoms with Crippen LogP contribution in [-0.4, -0.2) is 22.9 Å². The zero-order chi connectivity index (χ0) is 22.8. The first-order valence-electron chi connectivity index (χ1n) is 10.0. The van der Waals surface area contributed by atoms with Crippen LogP contribution in [-0.2, 0) is 9.59 Å². The monoisotopic (exact) mass is 469 g/mol. The van der Waals surface area contributed by atoms with Crippen molar-refractivity contribution in [2.24, 2.45) is 5.92 Å². The minimum atomic E-state index is -2.96. The summed E-state index contributed by atoms with van der Waals surface area (Å²) in [6.45, 7) is 1.75. The highest BCUT2D eigenvalue weighted by molar-refractivity contribution is 6.33. The van der Waals surface area contributed by atoms with Crippen molar-refractivity contribution < 1.29 is 23.5 Å². The highest BCUT2D eigenvalue weighted by atomic mass is 35.5. The third-order valence-corrected chi connectivity index (χ3v) is 6.36. The van der Waals surface area contributed by atoms with E-state index in [1.165, 1.54) is 0 Å². The van der Waals surface area contributed by atoms with Gasteiger partial charge in [-0.25, -0.2) is 8.78 Å². The normalized spacial score (nSPS) is 19.6. The number of rotatable bonds is 7. The van der Waals surface area contributed by atoms with Gasteiger partial charge in [-0.15, -0.1) is 0 Å². The molecule has 0 aliphatic heterocycles. The van der Waals surface area contributed by atoms with E-state index in [0.29, 0.717) is 22.6 Å². The van der Waals surface area contributed by atoms with Gasteiger partial charge in [0.25, 0.3) is 5.92 Å². The Labute approximate surface area is 189 Å². The van der Waals surface area contributed by atoms with Crippen LogP contribution in [0.5, 0.6) is 0 Å². The van der Waals surface area contributed by atoms with Crippen LogP contribution in [0.1, 0.15) is 55.6 Å². The summed E-state index contributed by atoms with van der Waals surface area (Å²) in [5, 5.41) is 12.4. The Hall–Kier alpha value is -2.18. The summed E-state index contributed by atoms with van der Waals surface area (Å²) >= 11 is 12.2. The number of carbonyl (C=O) groups excluding carboxylic acids is 1. The van der Waals surface area contributed by atoms with Gasteiger partial charge >= 0.3 is 5.97 Å². The van der Waals surface area contributed by atoms with Gasteiger partial charge in [0.2, 0.25) is 5.91 Å². The van der Waals surface area contributed by atoms with Crippen LogP contribution in [0.15, 0.2) is 42.5 Å². The Morgan fingerprint density at radius 1 is 1.16 bits per heavy atom. The Morgan fingerprint density at radius 2 is 1.81 bits per heavy atom. The van der Waals surface area contributed by atoms with E-state index in [-0.39, 0.29) is 35.9 Å². The zero-order valence-electron chi connectivity index (χ0n) is 16.9. The number of carbonyl (C=O) groups is 2. The average Bonchev–Trinajstić information content (AvgIpc) is 3.03. The van der Waals surface area contributed by atoms with Crippen molar-refractivity contribution in [3.8, 4) is 0 Å². The van der Waals surface area contributed by atoms with Gasteiger partial charge in [0, 0.05) is 17.4 Å². The summed E-state index contributed by atoms with van der Waals surface area (Å²) in [6, 6.07) is 11.2. The summed E-state index contributed by atoms with van der Waals surface area (Å²) in [6.07, 6.45) is 0.240. The first kappa shape index (κ1) is 23.5. The van der Waals surface area contributed by atoms with E-state index in [4.69, 9.17) is 28.3 Å². The Balaban J connectivity index is 1.92. The molecule has 0 heterocycles. The lowest BCUT2D eigenvalue weighted by molar-refractivity contribution is -0.137. The molecule has 1 aliphatic carbocycles. The Morgan fingerprint density at radius 3 is 2.39 bits per heavy atom. The maximum Gasteiger partial charge on any atom is 0.303 e. The van der Waals surface area contributed by atoms with Crippen LogP contribution in [0.3, 0.4) is 0 Å². The molecule has 2 N–H and O–H groups in total. The number of aliphatic carboxylic acids is 1. The minimum absolute atomic E-state index is 0.0866. The predicted octanol–water partition coefficient (Wildman–Crippen LogP) is 6.73. The number of hydrogen-bond acceptors (Lipinski definition) is 2. The topological polar surface area (TPSA) is 66.4 Å². The fourth-order valence-corrected chi connectivity index (χ4v) is 4.43. The van der Waals surface area contributed by atoms with Crippen molar-refractivity contribution in [3.63, 3.8) is 0 Å². The second-order valence-corrected chi connectivity index (χ2v) is 8.86. The maximum absolute atomic E-state index is 14.6. The van der Waals surface area contributed by atoms with Crippen molar-refractivity contribution in [3.05, 3.63) is 63.6 Å². The Bertz CT molecular complexity index is 966. The van der Waals surface area contributed by atoms with Crippen molar-refractivity contribution in [2.45, 2.75) is 50.4 Å². The fraction of sp³-hybridized carbons (Fsp3) is 0.391. The lowest BCUT2D eigenvalue weighted by Crippen LogP contribution is -2.35. The van der Waals surface area contributed by atoms with E-state index < -0.39 is 29.6 Å². The highest BCUT2D eigenvalue weighted by Crippen LogP contribution is 2.48. The van der Waals surface area contributed by atoms with Crippen LogP contribution >= 0.6 is 23.2 Å². The molecule has 0 spiro atoms. The summed E-state index contributed by atoms with van der Waals surface area (Å²) in [5.41, 5.74) is 1.40. The standard InChI is InChI=1S/C23H23Cl2F2NO3/c1-13(11-20(29)30)15-6-9-18(25)19(12-15)28-22(31)21(14-4-7-16(24)8-5-14)17-3-2-10-23(17,26)27/h4-9,12-13,17,21H,2-3,10-11H2,1H3,(H,28,31)(H,29,30). The second kappa shape index (κ2) is 9.53. The number of alkyl halides is 2. The molecule has 3 atom stereocenters. The van der Waals surface area contributed by atoms with Gasteiger partial charge in [0.05, 0.1) is 23.0 Å². The third kappa shape index (κ3) is 5.55. The van der Waals surface area contributed by atoms with Gasteiger partial charge in [0.15, 0.2) is 0 Å². The smallest absolute Gasteiger partial charge is 0.303 e. The molecule has 2 aromatic rings. The molecule has 31 heavy (non-hydrogen) atoms. The molecular formula is C23H23Cl2F2NO3. The molecular weight excluding hydrogens is 447 g/mol. The van der Waals surface area contributed by atoms with E-state index in [2.05, 4.69) is 5.32 Å². The van der Waals surface area contributed by atoms with E-state index in [1.54, 1.807) is 49.4 Å². The third-order valence-electron chi connectivity index (χ3n) is 5.78. The van der Waals surface area contributed by atoms with Crippen molar-refractivity contribution in [1.29, 1.82) is 0 Å². The Kier molecular flexibility index (Phi) is 7.22. The van der Waals surface area contributed by atoms with Crippen LogP contribution in [0, 0.1) is 5.92 Å². The van der Waals surface area contributed by atoms with E-state index in [0.717, 1.165) is 0 Å². The summed E-state index contributed by atoms with van der Waals surface area (Å²) in [4.78, 5) is 24.3. The van der Waals surface area contributed by atoms with Gasteiger partial charge in [-0.3, -0.25) is 9.59 Å². The summed E-state index contributed by atoms with van der Waals surface area (Å²) in [7, 11) is 0. The van der Waals surface area contributed by atoms with E-state index >= 15 is 0 Å². The number of halogens is 4. The van der Waals surface area contributed by atoms with Crippen molar-refractivity contribution >= 4 is 40.8 Å². The van der Waals surface area contributed by atoms with Gasteiger partial charge in [-0.2, -0.15) is 0 Å². The van der Waals surface area contributed by atoms with Crippen LogP contribution in [0.2, 0.25) is 10.0 Å². The lowest BCUT2D eigenvalue weighted by Gasteiger charge is -2.28. The van der Waals surface area contributed by atoms with Crippen LogP contribution in [0.4, 0.5) is 14.5 Å². The van der Waals surface area contributed by atoms with Crippen molar-refractivity contribution in [2.75, 3.05) is 5.32 Å². The van der Waals surface area contributed by atoms with Gasteiger partial charge in [-0.1, -0.05) is 48.3 Å². The SMILES string of the molecule is CC(CC(=O)O)c1ccc(Cl)c(NC(=O)C(c2ccc(Cl)cc2)C2CCCC2(F)F)c1. The molecule has 2 aromatic carbocycles. The van der Waals surface area contributed by atoms with E-state index in [1.807, 2.05) is 0 Å². The molecule has 1 amide bonds. The summed E-state index contributed by atoms with van der Waals surface area (Å²) < 4.78 is 29.2. The predicted molar refractivity (Wildman–Crippen MR) is 117 cm³/mol. The number of hydrogen-bond donors (Lipinski definition) is 2. The molecule has 0 aromatic heterocycles. The van der Waals surface area contributed by atoms with Crippen LogP contribution in [0.25, 0.3) is 0 Å². The minimum Gasteiger partial charge on any atom is -0.481 e. The van der Waals surface area contributed by atoms with Gasteiger partial charge in [-0.05, 0) is 54.2 Å². The average molecular weight is 470 g/mol. The number of carboxylic acid groups (broad SMARTS) is 1. The number of carboxylic acids is 1. The molecule has 0 bridgehead atoms.